The maximum atomic E-state index is 12.2. The number of aryl methyl sites for hydroxylation is 1. The average molecular weight is 421 g/mol. The molecule has 2 unspecified atom stereocenters. The van der Waals surface area contributed by atoms with Crippen LogP contribution in [0.25, 0.3) is 11.4 Å². The Morgan fingerprint density at radius 1 is 1.19 bits per heavy atom. The van der Waals surface area contributed by atoms with Crippen LogP contribution < -0.4 is 0 Å². The van der Waals surface area contributed by atoms with Gasteiger partial charge in [0.15, 0.2) is 11.6 Å². The van der Waals surface area contributed by atoms with E-state index in [1.807, 2.05) is 50.3 Å². The van der Waals surface area contributed by atoms with E-state index in [0.717, 1.165) is 46.9 Å². The molecule has 2 heterocycles. The number of benzene rings is 1. The second-order valence-electron chi connectivity index (χ2n) is 7.98. The molecule has 1 aromatic heterocycles. The largest absolute Gasteiger partial charge is 0.494 e. The Balaban J connectivity index is 1.82. The van der Waals surface area contributed by atoms with Crippen LogP contribution in [0.5, 0.6) is 0 Å². The molecule has 6 heteroatoms. The lowest BCUT2D eigenvalue weighted by Gasteiger charge is -2.25. The predicted octanol–water partition coefficient (Wildman–Crippen LogP) is 5.11. The third kappa shape index (κ3) is 4.48. The number of carboxylic acid groups (broad SMARTS) is 1. The van der Waals surface area contributed by atoms with E-state index in [-0.39, 0.29) is 5.92 Å². The molecule has 1 N–H and O–H groups in total. The van der Waals surface area contributed by atoms with Crippen molar-refractivity contribution in [3.8, 4) is 11.4 Å². The van der Waals surface area contributed by atoms with Crippen molar-refractivity contribution in [2.24, 2.45) is 0 Å². The predicted molar refractivity (Wildman–Crippen MR) is 118 cm³/mol. The van der Waals surface area contributed by atoms with E-state index in [1.165, 1.54) is 0 Å². The number of allylic oxidation sites excluding steroid dienone is 3. The monoisotopic (exact) mass is 420 g/mol. The first-order valence-corrected chi connectivity index (χ1v) is 10.9. The zero-order chi connectivity index (χ0) is 21.8. The van der Waals surface area contributed by atoms with Gasteiger partial charge in [-0.25, -0.2) is 9.97 Å². The maximum Gasteiger partial charge on any atom is 0.311 e. The molecule has 2 atom stereocenters. The number of hydrogen-bond donors (Lipinski definition) is 1. The zero-order valence-electron chi connectivity index (χ0n) is 18.0. The highest BCUT2D eigenvalue weighted by molar-refractivity contribution is 5.77. The van der Waals surface area contributed by atoms with Gasteiger partial charge in [0.1, 0.15) is 5.76 Å². The molecule has 4 rings (SSSR count). The fourth-order valence-electron chi connectivity index (χ4n) is 4.26. The first-order chi connectivity index (χ1) is 15.1. The average Bonchev–Trinajstić information content (AvgIpc) is 3.02. The summed E-state index contributed by atoms with van der Waals surface area (Å²) in [6, 6.07) is 9.80. The number of carboxylic acids is 1. The molecule has 2 aromatic rings. The quantitative estimate of drug-likeness (QED) is 0.699. The highest BCUT2D eigenvalue weighted by atomic mass is 16.5. The first-order valence-electron chi connectivity index (χ1n) is 10.9. The molecule has 0 radical (unpaired) electrons. The molecule has 0 spiro atoms. The van der Waals surface area contributed by atoms with Crippen LogP contribution in [0.1, 0.15) is 61.4 Å². The van der Waals surface area contributed by atoms with Crippen LogP contribution in [0.15, 0.2) is 54.0 Å². The third-order valence-electron chi connectivity index (χ3n) is 5.76. The topological polar surface area (TPSA) is 81.5 Å². The zero-order valence-corrected chi connectivity index (χ0v) is 18.0. The molecular formula is C25H28N2O4. The minimum Gasteiger partial charge on any atom is -0.494 e. The molecule has 0 bridgehead atoms. The van der Waals surface area contributed by atoms with Gasteiger partial charge in [0.25, 0.3) is 0 Å². The van der Waals surface area contributed by atoms with E-state index >= 15 is 0 Å². The summed E-state index contributed by atoms with van der Waals surface area (Å²) >= 11 is 0. The van der Waals surface area contributed by atoms with Gasteiger partial charge in [0, 0.05) is 35.6 Å². The maximum absolute atomic E-state index is 12.2. The van der Waals surface area contributed by atoms with Gasteiger partial charge in [-0.05, 0) is 19.4 Å². The molecule has 1 aromatic carbocycles. The Kier molecular flexibility index (Phi) is 6.35. The summed E-state index contributed by atoms with van der Waals surface area (Å²) in [5.74, 6) is 0.626. The lowest BCUT2D eigenvalue weighted by molar-refractivity contribution is -0.139. The molecule has 31 heavy (non-hydrogen) atoms. The summed E-state index contributed by atoms with van der Waals surface area (Å²) < 4.78 is 11.7. The van der Waals surface area contributed by atoms with E-state index in [1.54, 1.807) is 0 Å². The summed E-state index contributed by atoms with van der Waals surface area (Å²) in [6.07, 6.45) is 6.75. The lowest BCUT2D eigenvalue weighted by atomic mass is 9.84. The van der Waals surface area contributed by atoms with Crippen molar-refractivity contribution < 1.29 is 19.4 Å². The van der Waals surface area contributed by atoms with Gasteiger partial charge in [-0.15, -0.1) is 0 Å². The fraction of sp³-hybridized carbons (Fsp3) is 0.400. The Morgan fingerprint density at radius 3 is 2.71 bits per heavy atom. The number of hydrogen-bond acceptors (Lipinski definition) is 5. The Bertz CT molecular complexity index is 1010. The van der Waals surface area contributed by atoms with Crippen molar-refractivity contribution in [3.63, 3.8) is 0 Å². The van der Waals surface area contributed by atoms with Crippen LogP contribution in [0.4, 0.5) is 0 Å². The normalized spacial score (nSPS) is 19.1. The minimum absolute atomic E-state index is 0.0988. The van der Waals surface area contributed by atoms with Gasteiger partial charge in [-0.1, -0.05) is 49.8 Å². The van der Waals surface area contributed by atoms with Crippen molar-refractivity contribution in [2.45, 2.75) is 51.4 Å². The molecule has 0 saturated heterocycles. The van der Waals surface area contributed by atoms with Crippen molar-refractivity contribution in [1.29, 1.82) is 0 Å². The smallest absolute Gasteiger partial charge is 0.311 e. The van der Waals surface area contributed by atoms with Gasteiger partial charge in [0.05, 0.1) is 24.8 Å². The minimum atomic E-state index is -0.837. The molecule has 2 aliphatic rings. The van der Waals surface area contributed by atoms with Crippen LogP contribution in [-0.4, -0.2) is 34.3 Å². The summed E-state index contributed by atoms with van der Waals surface area (Å²) in [5, 5.41) is 9.99. The second kappa shape index (κ2) is 9.33. The molecule has 0 saturated carbocycles. The third-order valence-corrected chi connectivity index (χ3v) is 5.76. The number of aliphatic carboxylic acids is 1. The molecule has 6 nitrogen and oxygen atoms in total. The Morgan fingerprint density at radius 2 is 1.97 bits per heavy atom. The van der Waals surface area contributed by atoms with Gasteiger partial charge in [-0.2, -0.15) is 0 Å². The first kappa shape index (κ1) is 21.1. The Hall–Kier alpha value is -3.15. The highest BCUT2D eigenvalue weighted by Crippen LogP contribution is 2.39. The fourth-order valence-corrected chi connectivity index (χ4v) is 4.26. The summed E-state index contributed by atoms with van der Waals surface area (Å²) in [6.45, 7) is 5.15. The van der Waals surface area contributed by atoms with E-state index in [9.17, 15) is 9.90 Å². The molecule has 162 valence electrons. The number of rotatable bonds is 6. The lowest BCUT2D eigenvalue weighted by Crippen LogP contribution is -2.20. The van der Waals surface area contributed by atoms with Gasteiger partial charge in [0.2, 0.25) is 0 Å². The molecule has 1 aliphatic carbocycles. The van der Waals surface area contributed by atoms with E-state index < -0.39 is 11.9 Å². The highest BCUT2D eigenvalue weighted by Gasteiger charge is 2.32. The molecule has 0 amide bonds. The Labute approximate surface area is 182 Å². The number of ether oxygens (including phenoxy) is 2. The van der Waals surface area contributed by atoms with Crippen LogP contribution in [0.2, 0.25) is 0 Å². The van der Waals surface area contributed by atoms with Crippen LogP contribution >= 0.6 is 0 Å². The number of carbonyl (C=O) groups is 1. The van der Waals surface area contributed by atoms with Crippen molar-refractivity contribution >= 4 is 5.97 Å². The van der Waals surface area contributed by atoms with Crippen LogP contribution in [0.3, 0.4) is 0 Å². The summed E-state index contributed by atoms with van der Waals surface area (Å²) in [5.41, 5.74) is 3.12. The van der Waals surface area contributed by atoms with E-state index in [4.69, 9.17) is 19.4 Å². The number of nitrogens with zero attached hydrogens (tertiary/aromatic N) is 2. The SMILES string of the molecule is CCCC(C(=O)O)c1c(C)nc(-c2ccccc2)nc1C1C=CC2=C(C1)OCCCO2. The van der Waals surface area contributed by atoms with Crippen LogP contribution in [-0.2, 0) is 14.3 Å². The molecule has 0 fully saturated rings. The van der Waals surface area contributed by atoms with Gasteiger partial charge in [-0.3, -0.25) is 4.79 Å². The second-order valence-corrected chi connectivity index (χ2v) is 7.98. The van der Waals surface area contributed by atoms with Gasteiger partial charge >= 0.3 is 5.97 Å². The van der Waals surface area contributed by atoms with Crippen LogP contribution in [0, 0.1) is 6.92 Å². The summed E-state index contributed by atoms with van der Waals surface area (Å²) in [4.78, 5) is 21.8. The van der Waals surface area contributed by atoms with Crippen molar-refractivity contribution in [3.05, 3.63) is 71.0 Å². The number of aromatic nitrogens is 2. The molecular weight excluding hydrogens is 392 g/mol. The van der Waals surface area contributed by atoms with Gasteiger partial charge < -0.3 is 14.6 Å². The van der Waals surface area contributed by atoms with E-state index in [0.29, 0.717) is 31.9 Å². The van der Waals surface area contributed by atoms with E-state index in [2.05, 4.69) is 6.08 Å². The standard InChI is InChI=1S/C25H28N2O4/c1-3-8-19(25(28)29)22-16(2)26-24(17-9-5-4-6-10-17)27-23(22)18-11-12-20-21(15-18)31-14-7-13-30-20/h4-6,9-12,18-19H,3,7-8,13-15H2,1-2H3,(H,28,29). The van der Waals surface area contributed by atoms with Crippen molar-refractivity contribution in [1.82, 2.24) is 9.97 Å². The molecule has 1 aliphatic heterocycles. The summed E-state index contributed by atoms with van der Waals surface area (Å²) in [7, 11) is 0. The van der Waals surface area contributed by atoms with Crippen molar-refractivity contribution in [2.75, 3.05) is 13.2 Å².